The molecule has 0 amide bonds. The summed E-state index contributed by atoms with van der Waals surface area (Å²) < 4.78 is 5.34. The highest BCUT2D eigenvalue weighted by Crippen LogP contribution is 2.10. The van der Waals surface area contributed by atoms with Gasteiger partial charge in [-0.2, -0.15) is 0 Å². The molecule has 2 nitrogen and oxygen atoms in total. The molecule has 0 saturated heterocycles. The van der Waals surface area contributed by atoms with E-state index in [0.717, 1.165) is 26.2 Å². The Balaban J connectivity index is 2.20. The lowest BCUT2D eigenvalue weighted by Crippen LogP contribution is -2.13. The molecule has 0 aromatic heterocycles. The van der Waals surface area contributed by atoms with Crippen LogP contribution in [0.1, 0.15) is 25.8 Å². The van der Waals surface area contributed by atoms with Gasteiger partial charge >= 0.3 is 0 Å². The molecule has 1 aromatic carbocycles. The van der Waals surface area contributed by atoms with Crippen LogP contribution in [0.3, 0.4) is 0 Å². The number of hydrogen-bond donors (Lipinski definition) is 1. The fourth-order valence-corrected chi connectivity index (χ4v) is 1.49. The lowest BCUT2D eigenvalue weighted by molar-refractivity contribution is 0.135. The van der Waals surface area contributed by atoms with Crippen molar-refractivity contribution < 1.29 is 4.74 Å². The topological polar surface area (TPSA) is 21.3 Å². The Morgan fingerprint density at radius 3 is 2.56 bits per heavy atom. The summed E-state index contributed by atoms with van der Waals surface area (Å²) in [5.41, 5.74) is 2.50. The minimum atomic E-state index is 0.646. The zero-order valence-corrected chi connectivity index (χ0v) is 10.6. The standard InChI is InChI=1S/C14H23NO/c1-4-16-10-9-13(3)11-15-14-7-5-12(2)6-8-14/h5-8,13,15H,4,9-11H2,1-3H3. The molecule has 90 valence electrons. The summed E-state index contributed by atoms with van der Waals surface area (Å²) in [5.74, 6) is 0.646. The first kappa shape index (κ1) is 13.0. The van der Waals surface area contributed by atoms with Crippen molar-refractivity contribution in [1.29, 1.82) is 0 Å². The first-order chi connectivity index (χ1) is 7.72. The molecule has 0 aliphatic heterocycles. The molecular formula is C14H23NO. The fraction of sp³-hybridized carbons (Fsp3) is 0.571. The second-order valence-corrected chi connectivity index (χ2v) is 4.34. The Bertz CT molecular complexity index is 281. The summed E-state index contributed by atoms with van der Waals surface area (Å²) in [6, 6.07) is 8.52. The van der Waals surface area contributed by atoms with E-state index >= 15 is 0 Å². The second kappa shape index (κ2) is 7.29. The SMILES string of the molecule is CCOCCC(C)CNc1ccc(C)cc1. The van der Waals surface area contributed by atoms with E-state index in [9.17, 15) is 0 Å². The van der Waals surface area contributed by atoms with Crippen molar-refractivity contribution in [1.82, 2.24) is 0 Å². The van der Waals surface area contributed by atoms with Crippen LogP contribution >= 0.6 is 0 Å². The van der Waals surface area contributed by atoms with Crippen LogP contribution in [-0.2, 0) is 4.74 Å². The molecule has 0 spiro atoms. The van der Waals surface area contributed by atoms with E-state index in [4.69, 9.17) is 4.74 Å². The Kier molecular flexibility index (Phi) is 5.94. The predicted octanol–water partition coefficient (Wildman–Crippen LogP) is 3.47. The lowest BCUT2D eigenvalue weighted by atomic mass is 10.1. The monoisotopic (exact) mass is 221 g/mol. The number of rotatable bonds is 7. The van der Waals surface area contributed by atoms with Crippen LogP contribution in [0, 0.1) is 12.8 Å². The largest absolute Gasteiger partial charge is 0.385 e. The maximum Gasteiger partial charge on any atom is 0.0469 e. The molecule has 0 heterocycles. The van der Waals surface area contributed by atoms with Crippen LogP contribution in [0.4, 0.5) is 5.69 Å². The zero-order chi connectivity index (χ0) is 11.8. The van der Waals surface area contributed by atoms with Gasteiger partial charge in [0.15, 0.2) is 0 Å². The third-order valence-electron chi connectivity index (χ3n) is 2.67. The number of aryl methyl sites for hydroxylation is 1. The first-order valence-corrected chi connectivity index (χ1v) is 6.10. The summed E-state index contributed by atoms with van der Waals surface area (Å²) >= 11 is 0. The van der Waals surface area contributed by atoms with Crippen molar-refractivity contribution in [3.8, 4) is 0 Å². The highest BCUT2D eigenvalue weighted by molar-refractivity contribution is 5.44. The number of ether oxygens (including phenoxy) is 1. The summed E-state index contributed by atoms with van der Waals surface area (Å²) in [6.07, 6.45) is 1.12. The van der Waals surface area contributed by atoms with Crippen LogP contribution < -0.4 is 5.32 Å². The second-order valence-electron chi connectivity index (χ2n) is 4.34. The molecule has 1 N–H and O–H groups in total. The molecule has 1 rings (SSSR count). The predicted molar refractivity (Wildman–Crippen MR) is 69.9 cm³/mol. The average molecular weight is 221 g/mol. The number of nitrogens with one attached hydrogen (secondary N) is 1. The van der Waals surface area contributed by atoms with Gasteiger partial charge in [-0.3, -0.25) is 0 Å². The van der Waals surface area contributed by atoms with Crippen molar-refractivity contribution in [2.45, 2.75) is 27.2 Å². The van der Waals surface area contributed by atoms with Gasteiger partial charge < -0.3 is 10.1 Å². The van der Waals surface area contributed by atoms with E-state index in [1.54, 1.807) is 0 Å². The summed E-state index contributed by atoms with van der Waals surface area (Å²) in [6.45, 7) is 9.09. The normalized spacial score (nSPS) is 12.4. The summed E-state index contributed by atoms with van der Waals surface area (Å²) in [5, 5.41) is 3.44. The van der Waals surface area contributed by atoms with E-state index in [-0.39, 0.29) is 0 Å². The van der Waals surface area contributed by atoms with Gasteiger partial charge in [0.2, 0.25) is 0 Å². The van der Waals surface area contributed by atoms with Crippen LogP contribution in [-0.4, -0.2) is 19.8 Å². The third-order valence-corrected chi connectivity index (χ3v) is 2.67. The summed E-state index contributed by atoms with van der Waals surface area (Å²) in [4.78, 5) is 0. The third kappa shape index (κ3) is 5.17. The van der Waals surface area contributed by atoms with E-state index < -0.39 is 0 Å². The van der Waals surface area contributed by atoms with Gasteiger partial charge in [0, 0.05) is 25.4 Å². The number of benzene rings is 1. The van der Waals surface area contributed by atoms with E-state index in [1.807, 2.05) is 6.92 Å². The van der Waals surface area contributed by atoms with Gasteiger partial charge in [0.05, 0.1) is 0 Å². The number of hydrogen-bond acceptors (Lipinski definition) is 2. The molecule has 2 heteroatoms. The quantitative estimate of drug-likeness (QED) is 0.712. The molecule has 1 atom stereocenters. The minimum absolute atomic E-state index is 0.646. The Hall–Kier alpha value is -1.02. The van der Waals surface area contributed by atoms with E-state index in [1.165, 1.54) is 11.3 Å². The van der Waals surface area contributed by atoms with E-state index in [0.29, 0.717) is 5.92 Å². The molecule has 0 radical (unpaired) electrons. The molecule has 1 unspecified atom stereocenters. The average Bonchev–Trinajstić information content (AvgIpc) is 2.29. The molecule has 0 fully saturated rings. The van der Waals surface area contributed by atoms with Gasteiger partial charge in [0.25, 0.3) is 0 Å². The zero-order valence-electron chi connectivity index (χ0n) is 10.6. The fourth-order valence-electron chi connectivity index (χ4n) is 1.49. The molecule has 0 bridgehead atoms. The molecular weight excluding hydrogens is 198 g/mol. The highest BCUT2D eigenvalue weighted by atomic mass is 16.5. The maximum absolute atomic E-state index is 5.34. The van der Waals surface area contributed by atoms with Crippen molar-refractivity contribution in [2.24, 2.45) is 5.92 Å². The minimum Gasteiger partial charge on any atom is -0.385 e. The molecule has 16 heavy (non-hydrogen) atoms. The molecule has 0 aliphatic carbocycles. The Morgan fingerprint density at radius 1 is 1.25 bits per heavy atom. The van der Waals surface area contributed by atoms with Crippen molar-refractivity contribution in [3.05, 3.63) is 29.8 Å². The smallest absolute Gasteiger partial charge is 0.0469 e. The van der Waals surface area contributed by atoms with E-state index in [2.05, 4.69) is 43.4 Å². The van der Waals surface area contributed by atoms with Crippen LogP contribution in [0.2, 0.25) is 0 Å². The van der Waals surface area contributed by atoms with Crippen LogP contribution in [0.25, 0.3) is 0 Å². The van der Waals surface area contributed by atoms with Crippen LogP contribution in [0.5, 0.6) is 0 Å². The van der Waals surface area contributed by atoms with Crippen molar-refractivity contribution >= 4 is 5.69 Å². The molecule has 0 aliphatic rings. The van der Waals surface area contributed by atoms with Crippen molar-refractivity contribution in [2.75, 3.05) is 25.1 Å². The molecule has 1 aromatic rings. The Morgan fingerprint density at radius 2 is 1.94 bits per heavy atom. The van der Waals surface area contributed by atoms with Gasteiger partial charge in [0.1, 0.15) is 0 Å². The summed E-state index contributed by atoms with van der Waals surface area (Å²) in [7, 11) is 0. The van der Waals surface area contributed by atoms with Crippen LogP contribution in [0.15, 0.2) is 24.3 Å². The van der Waals surface area contributed by atoms with Gasteiger partial charge in [-0.15, -0.1) is 0 Å². The van der Waals surface area contributed by atoms with Gasteiger partial charge in [-0.1, -0.05) is 24.6 Å². The Labute approximate surface area is 99.0 Å². The van der Waals surface area contributed by atoms with Gasteiger partial charge in [-0.05, 0) is 38.3 Å². The lowest BCUT2D eigenvalue weighted by Gasteiger charge is -2.13. The maximum atomic E-state index is 5.34. The molecule has 0 saturated carbocycles. The van der Waals surface area contributed by atoms with Crippen molar-refractivity contribution in [3.63, 3.8) is 0 Å². The first-order valence-electron chi connectivity index (χ1n) is 6.10. The number of anilines is 1. The van der Waals surface area contributed by atoms with Gasteiger partial charge in [-0.25, -0.2) is 0 Å². The highest BCUT2D eigenvalue weighted by Gasteiger charge is 2.01.